The van der Waals surface area contributed by atoms with E-state index in [1.54, 1.807) is 13.8 Å². The number of halogens is 3. The van der Waals surface area contributed by atoms with Crippen LogP contribution in [-0.4, -0.2) is 23.9 Å². The van der Waals surface area contributed by atoms with Crippen molar-refractivity contribution < 1.29 is 22.7 Å². The highest BCUT2D eigenvalue weighted by Gasteiger charge is 2.41. The summed E-state index contributed by atoms with van der Waals surface area (Å²) in [5.41, 5.74) is -0.459. The number of hydrogen-bond donors (Lipinski definition) is 1. The molecule has 0 amide bonds. The monoisotopic (exact) mass is 375 g/mol. The van der Waals surface area contributed by atoms with Crippen LogP contribution < -0.4 is 5.32 Å². The van der Waals surface area contributed by atoms with Gasteiger partial charge in [0.05, 0.1) is 18.9 Å². The SMILES string of the molecule is COC(=O)C1=C(C)NC(c2ncc(F)cc2F)=NC1(C)c1ccc(F)cc1. The van der Waals surface area contributed by atoms with Crippen molar-refractivity contribution in [3.8, 4) is 0 Å². The van der Waals surface area contributed by atoms with Gasteiger partial charge in [0, 0.05) is 11.8 Å². The summed E-state index contributed by atoms with van der Waals surface area (Å²) in [6.45, 7) is 3.22. The van der Waals surface area contributed by atoms with E-state index in [9.17, 15) is 18.0 Å². The molecule has 27 heavy (non-hydrogen) atoms. The fourth-order valence-electron chi connectivity index (χ4n) is 3.05. The number of aliphatic imine (C=N–C) groups is 1. The Morgan fingerprint density at radius 2 is 1.81 bits per heavy atom. The molecule has 3 rings (SSSR count). The second-order valence-corrected chi connectivity index (χ2v) is 6.14. The van der Waals surface area contributed by atoms with Crippen molar-refractivity contribution in [1.29, 1.82) is 0 Å². The van der Waals surface area contributed by atoms with Gasteiger partial charge in [0.2, 0.25) is 0 Å². The Kier molecular flexibility index (Phi) is 4.73. The molecule has 1 aliphatic rings. The van der Waals surface area contributed by atoms with Crippen LogP contribution in [0.15, 0.2) is 52.8 Å². The minimum absolute atomic E-state index is 0.0180. The Morgan fingerprint density at radius 1 is 1.15 bits per heavy atom. The van der Waals surface area contributed by atoms with Gasteiger partial charge in [-0.1, -0.05) is 12.1 Å². The second kappa shape index (κ2) is 6.86. The van der Waals surface area contributed by atoms with Crippen LogP contribution >= 0.6 is 0 Å². The number of rotatable bonds is 3. The molecule has 0 radical (unpaired) electrons. The molecule has 8 heteroatoms. The summed E-state index contributed by atoms with van der Waals surface area (Å²) >= 11 is 0. The molecule has 0 fully saturated rings. The van der Waals surface area contributed by atoms with Crippen LogP contribution in [-0.2, 0) is 15.1 Å². The molecule has 1 unspecified atom stereocenters. The number of nitrogens with zero attached hydrogens (tertiary/aromatic N) is 2. The first kappa shape index (κ1) is 18.6. The summed E-state index contributed by atoms with van der Waals surface area (Å²) in [5.74, 6) is -2.80. The van der Waals surface area contributed by atoms with Gasteiger partial charge in [-0.05, 0) is 31.5 Å². The number of benzene rings is 1. The zero-order valence-electron chi connectivity index (χ0n) is 14.8. The van der Waals surface area contributed by atoms with Crippen molar-refractivity contribution in [2.24, 2.45) is 4.99 Å². The van der Waals surface area contributed by atoms with Gasteiger partial charge in [-0.15, -0.1) is 0 Å². The molecule has 0 saturated carbocycles. The summed E-state index contributed by atoms with van der Waals surface area (Å²) in [7, 11) is 1.23. The molecule has 2 aromatic rings. The Balaban J connectivity index is 2.21. The lowest BCUT2D eigenvalue weighted by atomic mass is 9.82. The number of nitrogens with one attached hydrogen (secondary N) is 1. The fraction of sp³-hybridized carbons (Fsp3) is 0.211. The van der Waals surface area contributed by atoms with Crippen molar-refractivity contribution in [2.75, 3.05) is 7.11 Å². The molecule has 1 atom stereocenters. The van der Waals surface area contributed by atoms with Crippen LogP contribution in [0.1, 0.15) is 25.1 Å². The maximum absolute atomic E-state index is 14.2. The van der Waals surface area contributed by atoms with E-state index in [0.29, 0.717) is 17.3 Å². The van der Waals surface area contributed by atoms with E-state index in [1.807, 2.05) is 0 Å². The highest BCUT2D eigenvalue weighted by atomic mass is 19.1. The molecule has 0 aliphatic carbocycles. The predicted molar refractivity (Wildman–Crippen MR) is 92.3 cm³/mol. The quantitative estimate of drug-likeness (QED) is 0.837. The zero-order valence-corrected chi connectivity index (χ0v) is 14.8. The lowest BCUT2D eigenvalue weighted by molar-refractivity contribution is -0.137. The van der Waals surface area contributed by atoms with Gasteiger partial charge >= 0.3 is 5.97 Å². The number of methoxy groups -OCH3 is 1. The third kappa shape index (κ3) is 3.30. The minimum Gasteiger partial charge on any atom is -0.466 e. The van der Waals surface area contributed by atoms with Crippen molar-refractivity contribution >= 4 is 11.8 Å². The zero-order chi connectivity index (χ0) is 19.8. The molecule has 140 valence electrons. The average Bonchev–Trinajstić information content (AvgIpc) is 2.61. The van der Waals surface area contributed by atoms with E-state index < -0.39 is 29.0 Å². The second-order valence-electron chi connectivity index (χ2n) is 6.14. The Morgan fingerprint density at radius 3 is 2.41 bits per heavy atom. The van der Waals surface area contributed by atoms with E-state index in [2.05, 4.69) is 15.3 Å². The van der Waals surface area contributed by atoms with Gasteiger partial charge in [0.1, 0.15) is 22.9 Å². The standard InChI is InChI=1S/C19H16F3N3O2/c1-10-15(18(26)27-3)19(2,11-4-6-12(20)7-5-11)25-17(24-10)16-14(22)8-13(21)9-23-16/h4-9H,1-3H3,(H,24,25). The summed E-state index contributed by atoms with van der Waals surface area (Å²) in [4.78, 5) is 20.6. The van der Waals surface area contributed by atoms with E-state index >= 15 is 0 Å². The molecule has 1 N–H and O–H groups in total. The molecule has 2 heterocycles. The van der Waals surface area contributed by atoms with Gasteiger partial charge < -0.3 is 10.1 Å². The molecule has 1 aromatic heterocycles. The van der Waals surface area contributed by atoms with Gasteiger partial charge in [-0.25, -0.2) is 27.9 Å². The van der Waals surface area contributed by atoms with Crippen molar-refractivity contribution in [2.45, 2.75) is 19.4 Å². The van der Waals surface area contributed by atoms with Crippen LogP contribution in [0.5, 0.6) is 0 Å². The first-order valence-corrected chi connectivity index (χ1v) is 8.00. The molecule has 5 nitrogen and oxygen atoms in total. The summed E-state index contributed by atoms with van der Waals surface area (Å²) in [5, 5.41) is 2.82. The summed E-state index contributed by atoms with van der Waals surface area (Å²) in [6.07, 6.45) is 0.868. The van der Waals surface area contributed by atoms with Gasteiger partial charge in [0.25, 0.3) is 0 Å². The van der Waals surface area contributed by atoms with E-state index in [-0.39, 0.29) is 17.1 Å². The third-order valence-electron chi connectivity index (χ3n) is 4.33. The number of carbonyl (C=O) groups is 1. The van der Waals surface area contributed by atoms with Crippen LogP contribution in [0.2, 0.25) is 0 Å². The number of pyridine rings is 1. The van der Waals surface area contributed by atoms with E-state index in [1.165, 1.54) is 31.4 Å². The van der Waals surface area contributed by atoms with E-state index in [0.717, 1.165) is 6.20 Å². The first-order chi connectivity index (χ1) is 12.8. The number of aromatic nitrogens is 1. The summed E-state index contributed by atoms with van der Waals surface area (Å²) in [6, 6.07) is 6.12. The number of carbonyl (C=O) groups excluding carboxylic acids is 1. The molecule has 0 bridgehead atoms. The topological polar surface area (TPSA) is 63.6 Å². The molecular weight excluding hydrogens is 359 g/mol. The maximum atomic E-state index is 14.2. The average molecular weight is 375 g/mol. The Labute approximate surface area is 153 Å². The van der Waals surface area contributed by atoms with Crippen molar-refractivity contribution in [3.63, 3.8) is 0 Å². The summed E-state index contributed by atoms with van der Waals surface area (Å²) < 4.78 is 45.6. The van der Waals surface area contributed by atoms with Crippen molar-refractivity contribution in [3.05, 3.63) is 76.5 Å². The van der Waals surface area contributed by atoms with Crippen LogP contribution in [0.25, 0.3) is 0 Å². The maximum Gasteiger partial charge on any atom is 0.338 e. The number of amidine groups is 1. The molecular formula is C19H16F3N3O2. The first-order valence-electron chi connectivity index (χ1n) is 8.00. The van der Waals surface area contributed by atoms with Gasteiger partial charge in [-0.3, -0.25) is 0 Å². The fourth-order valence-corrected chi connectivity index (χ4v) is 3.05. The Bertz CT molecular complexity index is 971. The van der Waals surface area contributed by atoms with Crippen LogP contribution in [0, 0.1) is 17.5 Å². The van der Waals surface area contributed by atoms with Gasteiger partial charge in [-0.2, -0.15) is 0 Å². The molecule has 1 aliphatic heterocycles. The number of hydrogen-bond acceptors (Lipinski definition) is 5. The van der Waals surface area contributed by atoms with E-state index in [4.69, 9.17) is 4.74 Å². The lowest BCUT2D eigenvalue weighted by Gasteiger charge is -2.34. The number of ether oxygens (including phenoxy) is 1. The number of allylic oxidation sites excluding steroid dienone is 1. The smallest absolute Gasteiger partial charge is 0.338 e. The van der Waals surface area contributed by atoms with Crippen LogP contribution in [0.3, 0.4) is 0 Å². The lowest BCUT2D eigenvalue weighted by Crippen LogP contribution is -2.41. The largest absolute Gasteiger partial charge is 0.466 e. The van der Waals surface area contributed by atoms with Gasteiger partial charge in [0.15, 0.2) is 11.7 Å². The minimum atomic E-state index is -1.30. The highest BCUT2D eigenvalue weighted by Crippen LogP contribution is 2.38. The molecule has 0 spiro atoms. The molecule has 1 aromatic carbocycles. The predicted octanol–water partition coefficient (Wildman–Crippen LogP) is 3.21. The normalized spacial score (nSPS) is 19.4. The van der Waals surface area contributed by atoms with Crippen molar-refractivity contribution in [1.82, 2.24) is 10.3 Å². The Hall–Kier alpha value is -3.16. The highest BCUT2D eigenvalue weighted by molar-refractivity contribution is 6.03. The van der Waals surface area contributed by atoms with Crippen LogP contribution in [0.4, 0.5) is 13.2 Å². The molecule has 0 saturated heterocycles. The number of esters is 1. The third-order valence-corrected chi connectivity index (χ3v) is 4.33.